The Morgan fingerprint density at radius 3 is 2.59 bits per heavy atom. The number of imide groups is 1. The molecule has 0 radical (unpaired) electrons. The maximum absolute atomic E-state index is 13.6. The minimum Gasteiger partial charge on any atom is -0.427 e. The van der Waals surface area contributed by atoms with Gasteiger partial charge in [-0.15, -0.1) is 0 Å². The van der Waals surface area contributed by atoms with Crippen LogP contribution in [-0.2, 0) is 26.3 Å². The minimum absolute atomic E-state index is 0.0383. The summed E-state index contributed by atoms with van der Waals surface area (Å²) in [5, 5.41) is 5.17. The second-order valence-corrected chi connectivity index (χ2v) is 9.67. The van der Waals surface area contributed by atoms with Crippen molar-refractivity contribution in [2.75, 3.05) is 18.9 Å². The highest BCUT2D eigenvalue weighted by Crippen LogP contribution is 2.46. The van der Waals surface area contributed by atoms with Gasteiger partial charge >= 0.3 is 12.1 Å². The molecule has 194 valence electrons. The molecule has 9 nitrogen and oxygen atoms in total. The number of carbonyl (C=O) groups excluding carboxylic acids is 4. The first kappa shape index (κ1) is 24.7. The van der Waals surface area contributed by atoms with Gasteiger partial charge in [0.1, 0.15) is 12.4 Å². The van der Waals surface area contributed by atoms with Gasteiger partial charge in [-0.1, -0.05) is 25.1 Å². The summed E-state index contributed by atoms with van der Waals surface area (Å²) in [6.07, 6.45) is 2.14. The molecule has 0 aromatic heterocycles. The lowest BCUT2D eigenvalue weighted by atomic mass is 9.94. The third kappa shape index (κ3) is 4.20. The molecule has 1 aliphatic carbocycles. The molecule has 2 N–H and O–H groups in total. The lowest BCUT2D eigenvalue weighted by Crippen LogP contribution is -2.46. The molecule has 37 heavy (non-hydrogen) atoms. The summed E-state index contributed by atoms with van der Waals surface area (Å²) in [5.41, 5.74) is 1.28. The fourth-order valence-electron chi connectivity index (χ4n) is 5.81. The summed E-state index contributed by atoms with van der Waals surface area (Å²) in [6, 6.07) is 10.5. The fraction of sp³-hybridized carbons (Fsp3) is 0.407. The van der Waals surface area contributed by atoms with Crippen LogP contribution in [0.1, 0.15) is 55.3 Å². The zero-order chi connectivity index (χ0) is 26.3. The molecule has 2 aliphatic heterocycles. The van der Waals surface area contributed by atoms with Gasteiger partial charge in [0, 0.05) is 30.8 Å². The third-order valence-corrected chi connectivity index (χ3v) is 7.65. The highest BCUT2D eigenvalue weighted by atomic mass is 19.1. The van der Waals surface area contributed by atoms with E-state index in [1.54, 1.807) is 35.2 Å². The number of halogens is 1. The van der Waals surface area contributed by atoms with Gasteiger partial charge in [-0.3, -0.25) is 9.59 Å². The van der Waals surface area contributed by atoms with Gasteiger partial charge in [0.25, 0.3) is 5.91 Å². The van der Waals surface area contributed by atoms with Gasteiger partial charge in [0.15, 0.2) is 0 Å². The number of likely N-dealkylation sites (tertiary alicyclic amines) is 1. The number of carbonyl (C=O) groups is 4. The Kier molecular flexibility index (Phi) is 6.35. The predicted molar refractivity (Wildman–Crippen MR) is 132 cm³/mol. The van der Waals surface area contributed by atoms with Crippen LogP contribution in [0.5, 0.6) is 0 Å². The molecule has 0 saturated carbocycles. The Hall–Kier alpha value is -3.95. The van der Waals surface area contributed by atoms with E-state index in [2.05, 4.69) is 10.6 Å². The summed E-state index contributed by atoms with van der Waals surface area (Å²) < 4.78 is 19.1. The van der Waals surface area contributed by atoms with Gasteiger partial charge in [0.05, 0.1) is 6.04 Å². The van der Waals surface area contributed by atoms with Gasteiger partial charge in [-0.25, -0.2) is 18.9 Å². The molecular weight excluding hydrogens is 479 g/mol. The quantitative estimate of drug-likeness (QED) is 0.638. The molecule has 3 aliphatic rings. The monoisotopic (exact) mass is 508 g/mol. The van der Waals surface area contributed by atoms with Crippen molar-refractivity contribution < 1.29 is 28.3 Å². The molecule has 10 heteroatoms. The van der Waals surface area contributed by atoms with Crippen molar-refractivity contribution >= 4 is 29.6 Å². The van der Waals surface area contributed by atoms with Crippen molar-refractivity contribution in [1.82, 2.24) is 15.1 Å². The Balaban J connectivity index is 1.36. The summed E-state index contributed by atoms with van der Waals surface area (Å²) in [7, 11) is 1.51. The molecule has 2 fully saturated rings. The van der Waals surface area contributed by atoms with Crippen LogP contribution in [0, 0.1) is 5.82 Å². The first-order chi connectivity index (χ1) is 17.8. The van der Waals surface area contributed by atoms with E-state index in [0.717, 1.165) is 35.3 Å². The Morgan fingerprint density at radius 2 is 1.89 bits per heavy atom. The Morgan fingerprint density at radius 1 is 1.14 bits per heavy atom. The van der Waals surface area contributed by atoms with Crippen molar-refractivity contribution in [2.24, 2.45) is 0 Å². The van der Waals surface area contributed by atoms with E-state index in [9.17, 15) is 23.6 Å². The molecule has 2 heterocycles. The molecule has 5 amide bonds. The van der Waals surface area contributed by atoms with Crippen LogP contribution >= 0.6 is 0 Å². The highest BCUT2D eigenvalue weighted by Gasteiger charge is 2.58. The van der Waals surface area contributed by atoms with E-state index in [1.165, 1.54) is 19.2 Å². The van der Waals surface area contributed by atoms with E-state index >= 15 is 0 Å². The maximum Gasteiger partial charge on any atom is 0.418 e. The Bertz CT molecular complexity index is 1270. The van der Waals surface area contributed by atoms with Crippen molar-refractivity contribution in [3.05, 3.63) is 65.0 Å². The molecule has 2 saturated heterocycles. The number of aryl methyl sites for hydroxylation is 1. The summed E-state index contributed by atoms with van der Waals surface area (Å²) in [4.78, 5) is 54.3. The topological polar surface area (TPSA) is 108 Å². The number of nitrogens with zero attached hydrogens (tertiary/aromatic N) is 2. The number of benzene rings is 2. The number of hydrogen-bond acceptors (Lipinski definition) is 5. The van der Waals surface area contributed by atoms with Crippen molar-refractivity contribution in [1.29, 1.82) is 0 Å². The number of ether oxygens (including phenoxy) is 1. The molecule has 1 spiro atoms. The lowest BCUT2D eigenvalue weighted by Gasteiger charge is -2.31. The molecule has 2 aromatic carbocycles. The van der Waals surface area contributed by atoms with E-state index in [1.807, 2.05) is 6.92 Å². The highest BCUT2D eigenvalue weighted by molar-refractivity contribution is 6.06. The minimum atomic E-state index is -1.47. The number of amides is 5. The van der Waals surface area contributed by atoms with Gasteiger partial charge in [-0.2, -0.15) is 0 Å². The third-order valence-electron chi connectivity index (χ3n) is 7.65. The molecule has 5 rings (SSSR count). The van der Waals surface area contributed by atoms with E-state index < -0.39 is 24.1 Å². The van der Waals surface area contributed by atoms with Crippen LogP contribution < -0.4 is 10.6 Å². The molecule has 2 aromatic rings. The second kappa shape index (κ2) is 9.49. The van der Waals surface area contributed by atoms with Crippen LogP contribution in [0.15, 0.2) is 42.5 Å². The smallest absolute Gasteiger partial charge is 0.418 e. The summed E-state index contributed by atoms with van der Waals surface area (Å²) in [5.74, 6) is -1.25. The molecule has 0 bridgehead atoms. The number of hydrogen-bond donors (Lipinski definition) is 2. The molecule has 0 unspecified atom stereocenters. The van der Waals surface area contributed by atoms with E-state index in [-0.39, 0.29) is 36.3 Å². The van der Waals surface area contributed by atoms with Crippen LogP contribution in [0.25, 0.3) is 0 Å². The average molecular weight is 509 g/mol. The normalized spacial score (nSPS) is 24.4. The fourth-order valence-corrected chi connectivity index (χ4v) is 5.81. The predicted octanol–water partition coefficient (Wildman–Crippen LogP) is 3.84. The largest absolute Gasteiger partial charge is 0.427 e. The number of urea groups is 1. The summed E-state index contributed by atoms with van der Waals surface area (Å²) in [6.45, 7) is 1.57. The number of anilines is 1. The van der Waals surface area contributed by atoms with Gasteiger partial charge in [0.2, 0.25) is 11.5 Å². The maximum atomic E-state index is 13.6. The van der Waals surface area contributed by atoms with E-state index in [0.29, 0.717) is 17.7 Å². The second-order valence-electron chi connectivity index (χ2n) is 9.67. The van der Waals surface area contributed by atoms with Crippen LogP contribution in [0.2, 0.25) is 0 Å². The molecule has 3 atom stereocenters. The Labute approximate surface area is 213 Å². The lowest BCUT2D eigenvalue weighted by molar-refractivity contribution is -0.143. The first-order valence-corrected chi connectivity index (χ1v) is 12.5. The van der Waals surface area contributed by atoms with Gasteiger partial charge < -0.3 is 20.3 Å². The van der Waals surface area contributed by atoms with Crippen molar-refractivity contribution in [2.45, 2.75) is 56.7 Å². The van der Waals surface area contributed by atoms with Crippen LogP contribution in [-0.4, -0.2) is 53.4 Å². The van der Waals surface area contributed by atoms with E-state index in [4.69, 9.17) is 4.74 Å². The van der Waals surface area contributed by atoms with Crippen molar-refractivity contribution in [3.63, 3.8) is 0 Å². The van der Waals surface area contributed by atoms with Crippen LogP contribution in [0.4, 0.5) is 19.7 Å². The molecular formula is C27H29FN4O5. The first-order valence-electron chi connectivity index (χ1n) is 12.5. The zero-order valence-corrected chi connectivity index (χ0v) is 20.8. The zero-order valence-electron chi connectivity index (χ0n) is 20.8. The van der Waals surface area contributed by atoms with Crippen LogP contribution in [0.3, 0.4) is 0 Å². The van der Waals surface area contributed by atoms with Gasteiger partial charge in [-0.05, 0) is 61.1 Å². The number of rotatable bonds is 5. The van der Waals surface area contributed by atoms with Crippen molar-refractivity contribution in [3.8, 4) is 0 Å². The number of fused-ring (bicyclic) bond motifs is 2. The SMILES string of the molecule is CC[C@@H]1CC[C@@H](c2ccc(F)cc2)N1C(=O)CN1C(=O)O[C@@]2(CCc3cc(NC(=O)NC)ccc32)C1=O. The average Bonchev–Trinajstić information content (AvgIpc) is 3.55. The standard InChI is InChI=1S/C27H29FN4O5/c1-3-20-9-11-22(16-4-6-18(28)7-5-16)32(20)23(33)15-31-24(34)27(37-26(31)36)13-12-17-14-19(8-10-21(17)27)30-25(35)29-2/h4-8,10,14,20,22H,3,9,11-13,15H2,1-2H3,(H2,29,30,35)/t20-,22+,27-/m1/s1. The number of nitrogens with one attached hydrogen (secondary N) is 2. The summed E-state index contributed by atoms with van der Waals surface area (Å²) >= 11 is 0.